The molecule has 1 heterocycles. The van der Waals surface area contributed by atoms with Crippen LogP contribution >= 0.6 is 43.2 Å². The Labute approximate surface area is 109 Å². The van der Waals surface area contributed by atoms with Crippen molar-refractivity contribution in [1.29, 1.82) is 0 Å². The lowest BCUT2D eigenvalue weighted by Crippen LogP contribution is -2.23. The van der Waals surface area contributed by atoms with Crippen LogP contribution in [-0.2, 0) is 0 Å². The van der Waals surface area contributed by atoms with Crippen molar-refractivity contribution in [3.63, 3.8) is 0 Å². The standard InChI is InChI=1S/C9H11Br2NO2S/c10-6-5-7(15-8(6)11)9(14)12-3-1-2-4-13/h5,13H,1-4H2,(H,12,14). The highest BCUT2D eigenvalue weighted by molar-refractivity contribution is 9.13. The number of unbranched alkanes of at least 4 members (excludes halogenated alkanes) is 1. The normalized spacial score (nSPS) is 10.3. The molecular formula is C9H11Br2NO2S. The van der Waals surface area contributed by atoms with Gasteiger partial charge < -0.3 is 10.4 Å². The van der Waals surface area contributed by atoms with Crippen molar-refractivity contribution >= 4 is 49.1 Å². The van der Waals surface area contributed by atoms with E-state index in [9.17, 15) is 4.79 Å². The molecule has 0 atom stereocenters. The van der Waals surface area contributed by atoms with E-state index in [0.29, 0.717) is 11.4 Å². The average Bonchev–Trinajstić information content (AvgIpc) is 2.54. The molecule has 0 bridgehead atoms. The molecule has 1 aromatic heterocycles. The molecule has 15 heavy (non-hydrogen) atoms. The number of rotatable bonds is 5. The highest BCUT2D eigenvalue weighted by Gasteiger charge is 2.10. The van der Waals surface area contributed by atoms with E-state index in [1.165, 1.54) is 11.3 Å². The second-order valence-electron chi connectivity index (χ2n) is 2.92. The number of hydrogen-bond acceptors (Lipinski definition) is 3. The molecular weight excluding hydrogens is 346 g/mol. The first-order valence-corrected chi connectivity index (χ1v) is 6.89. The molecule has 1 aromatic rings. The molecule has 0 radical (unpaired) electrons. The van der Waals surface area contributed by atoms with E-state index in [0.717, 1.165) is 21.1 Å². The number of carbonyl (C=O) groups excluding carboxylic acids is 1. The van der Waals surface area contributed by atoms with Gasteiger partial charge in [-0.15, -0.1) is 11.3 Å². The van der Waals surface area contributed by atoms with E-state index in [-0.39, 0.29) is 12.5 Å². The summed E-state index contributed by atoms with van der Waals surface area (Å²) in [5, 5.41) is 11.4. The lowest BCUT2D eigenvalue weighted by atomic mass is 10.3. The summed E-state index contributed by atoms with van der Waals surface area (Å²) in [7, 11) is 0. The molecule has 1 rings (SSSR count). The Kier molecular flexibility index (Phi) is 5.81. The maximum absolute atomic E-state index is 11.6. The smallest absolute Gasteiger partial charge is 0.261 e. The number of halogens is 2. The zero-order chi connectivity index (χ0) is 11.3. The predicted octanol–water partition coefficient (Wildman–Crippen LogP) is 2.78. The number of nitrogens with one attached hydrogen (secondary N) is 1. The van der Waals surface area contributed by atoms with Crippen LogP contribution < -0.4 is 5.32 Å². The van der Waals surface area contributed by atoms with Crippen molar-refractivity contribution < 1.29 is 9.90 Å². The zero-order valence-electron chi connectivity index (χ0n) is 7.93. The largest absolute Gasteiger partial charge is 0.396 e. The van der Waals surface area contributed by atoms with Crippen LogP contribution in [0.5, 0.6) is 0 Å². The van der Waals surface area contributed by atoms with Crippen LogP contribution in [0.25, 0.3) is 0 Å². The van der Waals surface area contributed by atoms with Crippen LogP contribution in [0.4, 0.5) is 0 Å². The van der Waals surface area contributed by atoms with E-state index in [4.69, 9.17) is 5.11 Å². The Hall–Kier alpha value is 0.0900. The first-order valence-electron chi connectivity index (χ1n) is 4.49. The molecule has 1 amide bonds. The van der Waals surface area contributed by atoms with E-state index in [2.05, 4.69) is 37.2 Å². The Morgan fingerprint density at radius 2 is 2.20 bits per heavy atom. The van der Waals surface area contributed by atoms with Crippen LogP contribution in [0.2, 0.25) is 0 Å². The fourth-order valence-corrected chi connectivity index (χ4v) is 2.94. The first kappa shape index (κ1) is 13.2. The fraction of sp³-hybridized carbons (Fsp3) is 0.444. The molecule has 0 unspecified atom stereocenters. The summed E-state index contributed by atoms with van der Waals surface area (Å²) < 4.78 is 1.82. The second-order valence-corrected chi connectivity index (χ2v) is 6.14. The van der Waals surface area contributed by atoms with Gasteiger partial charge in [-0.3, -0.25) is 4.79 Å². The van der Waals surface area contributed by atoms with Crippen molar-refractivity contribution in [2.75, 3.05) is 13.2 Å². The lowest BCUT2D eigenvalue weighted by molar-refractivity contribution is 0.0956. The van der Waals surface area contributed by atoms with E-state index in [1.54, 1.807) is 6.07 Å². The lowest BCUT2D eigenvalue weighted by Gasteiger charge is -2.01. The van der Waals surface area contributed by atoms with E-state index < -0.39 is 0 Å². The topological polar surface area (TPSA) is 49.3 Å². The Morgan fingerprint density at radius 1 is 1.47 bits per heavy atom. The van der Waals surface area contributed by atoms with Gasteiger partial charge >= 0.3 is 0 Å². The maximum Gasteiger partial charge on any atom is 0.261 e. The molecule has 0 aliphatic carbocycles. The molecule has 0 aliphatic heterocycles. The maximum atomic E-state index is 11.6. The van der Waals surface area contributed by atoms with Crippen molar-refractivity contribution in [3.8, 4) is 0 Å². The number of aliphatic hydroxyl groups is 1. The monoisotopic (exact) mass is 355 g/mol. The highest BCUT2D eigenvalue weighted by Crippen LogP contribution is 2.32. The third-order valence-electron chi connectivity index (χ3n) is 1.74. The van der Waals surface area contributed by atoms with E-state index >= 15 is 0 Å². The molecule has 0 spiro atoms. The highest BCUT2D eigenvalue weighted by atomic mass is 79.9. The second kappa shape index (κ2) is 6.62. The van der Waals surface area contributed by atoms with Crippen LogP contribution in [0, 0.1) is 0 Å². The van der Waals surface area contributed by atoms with Gasteiger partial charge in [-0.2, -0.15) is 0 Å². The molecule has 2 N–H and O–H groups in total. The molecule has 0 aromatic carbocycles. The molecule has 0 aliphatic rings. The van der Waals surface area contributed by atoms with Crippen molar-refractivity contribution in [3.05, 3.63) is 19.2 Å². The van der Waals surface area contributed by atoms with Gasteiger partial charge in [0.05, 0.1) is 8.66 Å². The first-order chi connectivity index (χ1) is 7.15. The summed E-state index contributed by atoms with van der Waals surface area (Å²) in [4.78, 5) is 12.2. The summed E-state index contributed by atoms with van der Waals surface area (Å²) in [6.07, 6.45) is 1.52. The van der Waals surface area contributed by atoms with Crippen LogP contribution in [0.3, 0.4) is 0 Å². The Bertz CT molecular complexity index is 321. The van der Waals surface area contributed by atoms with Crippen LogP contribution in [0.15, 0.2) is 14.3 Å². The molecule has 0 saturated carbocycles. The summed E-state index contributed by atoms with van der Waals surface area (Å²) in [5.41, 5.74) is 0. The van der Waals surface area contributed by atoms with Crippen LogP contribution in [0.1, 0.15) is 22.5 Å². The van der Waals surface area contributed by atoms with Crippen molar-refractivity contribution in [2.45, 2.75) is 12.8 Å². The fourth-order valence-electron chi connectivity index (χ4n) is 0.984. The van der Waals surface area contributed by atoms with Gasteiger partial charge in [-0.25, -0.2) is 0 Å². The minimum atomic E-state index is -0.0654. The number of aliphatic hydroxyl groups excluding tert-OH is 1. The summed E-state index contributed by atoms with van der Waals surface area (Å²) >= 11 is 8.06. The molecule has 84 valence electrons. The van der Waals surface area contributed by atoms with Gasteiger partial charge in [0, 0.05) is 17.6 Å². The molecule has 0 fully saturated rings. The number of hydrogen-bond donors (Lipinski definition) is 2. The third-order valence-corrected chi connectivity index (χ3v) is 4.99. The number of amides is 1. The Balaban J connectivity index is 2.40. The summed E-state index contributed by atoms with van der Waals surface area (Å²) in [6, 6.07) is 1.79. The van der Waals surface area contributed by atoms with Crippen LogP contribution in [-0.4, -0.2) is 24.2 Å². The van der Waals surface area contributed by atoms with Gasteiger partial charge in [0.2, 0.25) is 0 Å². The molecule has 3 nitrogen and oxygen atoms in total. The Morgan fingerprint density at radius 3 is 2.73 bits per heavy atom. The van der Waals surface area contributed by atoms with E-state index in [1.807, 2.05) is 0 Å². The molecule has 0 saturated heterocycles. The minimum absolute atomic E-state index is 0.0654. The number of thiophene rings is 1. The van der Waals surface area contributed by atoms with Gasteiger partial charge in [0.15, 0.2) is 0 Å². The summed E-state index contributed by atoms with van der Waals surface area (Å²) in [6.45, 7) is 0.776. The zero-order valence-corrected chi connectivity index (χ0v) is 11.9. The molecule has 6 heteroatoms. The predicted molar refractivity (Wildman–Crippen MR) is 68.4 cm³/mol. The quantitative estimate of drug-likeness (QED) is 0.797. The summed E-state index contributed by atoms with van der Waals surface area (Å²) in [5.74, 6) is -0.0654. The van der Waals surface area contributed by atoms with Gasteiger partial charge in [-0.05, 0) is 50.8 Å². The minimum Gasteiger partial charge on any atom is -0.396 e. The average molecular weight is 357 g/mol. The SMILES string of the molecule is O=C(NCCCCO)c1cc(Br)c(Br)s1. The number of carbonyl (C=O) groups is 1. The van der Waals surface area contributed by atoms with Gasteiger partial charge in [0.1, 0.15) is 0 Å². The third kappa shape index (κ3) is 4.22. The van der Waals surface area contributed by atoms with Gasteiger partial charge in [0.25, 0.3) is 5.91 Å². The van der Waals surface area contributed by atoms with Gasteiger partial charge in [-0.1, -0.05) is 0 Å². The van der Waals surface area contributed by atoms with Crippen molar-refractivity contribution in [1.82, 2.24) is 5.32 Å². The van der Waals surface area contributed by atoms with Crippen molar-refractivity contribution in [2.24, 2.45) is 0 Å².